The minimum absolute atomic E-state index is 0.0544. The smallest absolute Gasteiger partial charge is 0.378 e. The number of rotatable bonds is 1. The van der Waals surface area contributed by atoms with E-state index in [-0.39, 0.29) is 23.8 Å². The van der Waals surface area contributed by atoms with E-state index >= 15 is 0 Å². The predicted molar refractivity (Wildman–Crippen MR) is 72.5 cm³/mol. The number of nitrogens with zero attached hydrogens (tertiary/aromatic N) is 1. The number of amides is 2. The van der Waals surface area contributed by atoms with E-state index in [9.17, 15) is 22.8 Å². The Hall–Kier alpha value is -1.80. The van der Waals surface area contributed by atoms with E-state index in [0.29, 0.717) is 19.3 Å². The van der Waals surface area contributed by atoms with Gasteiger partial charge in [-0.25, -0.2) is 0 Å². The zero-order chi connectivity index (χ0) is 16.3. The number of ether oxygens (including phenoxy) is 1. The van der Waals surface area contributed by atoms with Gasteiger partial charge in [-0.15, -0.1) is 0 Å². The highest BCUT2D eigenvalue weighted by Crippen LogP contribution is 2.33. The van der Waals surface area contributed by atoms with Gasteiger partial charge in [0.2, 0.25) is 0 Å². The molecular weight excluding hydrogens is 325 g/mol. The third kappa shape index (κ3) is 3.89. The third-order valence-corrected chi connectivity index (χ3v) is 3.35. The number of anilines is 1. The van der Waals surface area contributed by atoms with Gasteiger partial charge in [-0.3, -0.25) is 9.59 Å². The SMILES string of the molecule is O=C(Nc1ccc(C(F)(F)F)cc1Cl)C(=O)N1CCOCC1. The van der Waals surface area contributed by atoms with Gasteiger partial charge < -0.3 is 15.0 Å². The fraction of sp³-hybridized carbons (Fsp3) is 0.385. The summed E-state index contributed by atoms with van der Waals surface area (Å²) in [7, 11) is 0. The molecule has 0 saturated carbocycles. The Kier molecular flexibility index (Phi) is 4.92. The van der Waals surface area contributed by atoms with Crippen molar-refractivity contribution < 1.29 is 27.5 Å². The van der Waals surface area contributed by atoms with Crippen LogP contribution in [0.5, 0.6) is 0 Å². The van der Waals surface area contributed by atoms with E-state index < -0.39 is 23.6 Å². The first-order valence-electron chi connectivity index (χ1n) is 6.34. The lowest BCUT2D eigenvalue weighted by atomic mass is 10.2. The van der Waals surface area contributed by atoms with Crippen LogP contribution in [0.2, 0.25) is 5.02 Å². The molecule has 1 N–H and O–H groups in total. The van der Waals surface area contributed by atoms with Gasteiger partial charge >= 0.3 is 18.0 Å². The molecular formula is C13H12ClF3N2O3. The average Bonchev–Trinajstić information content (AvgIpc) is 2.48. The first-order valence-corrected chi connectivity index (χ1v) is 6.71. The third-order valence-electron chi connectivity index (χ3n) is 3.04. The Morgan fingerprint density at radius 1 is 1.23 bits per heavy atom. The number of halogens is 4. The Balaban J connectivity index is 2.06. The monoisotopic (exact) mass is 336 g/mol. The summed E-state index contributed by atoms with van der Waals surface area (Å²) in [6, 6.07) is 2.48. The highest BCUT2D eigenvalue weighted by Gasteiger charge is 2.31. The van der Waals surface area contributed by atoms with Crippen molar-refractivity contribution in [3.05, 3.63) is 28.8 Å². The molecule has 1 aromatic carbocycles. The zero-order valence-electron chi connectivity index (χ0n) is 11.2. The minimum Gasteiger partial charge on any atom is -0.378 e. The Bertz CT molecular complexity index is 586. The molecule has 0 unspecified atom stereocenters. The number of hydrogen-bond acceptors (Lipinski definition) is 3. The standard InChI is InChI=1S/C13H12ClF3N2O3/c14-9-7-8(13(15,16)17)1-2-10(9)18-11(20)12(21)19-3-5-22-6-4-19/h1-2,7H,3-6H2,(H,18,20). The second-order valence-corrected chi connectivity index (χ2v) is 4.96. The fourth-order valence-electron chi connectivity index (χ4n) is 1.88. The topological polar surface area (TPSA) is 58.6 Å². The Morgan fingerprint density at radius 2 is 1.86 bits per heavy atom. The maximum Gasteiger partial charge on any atom is 0.416 e. The molecule has 0 spiro atoms. The van der Waals surface area contributed by atoms with Crippen molar-refractivity contribution in [1.29, 1.82) is 0 Å². The molecule has 0 aromatic heterocycles. The van der Waals surface area contributed by atoms with E-state index in [0.717, 1.165) is 12.1 Å². The second kappa shape index (κ2) is 6.53. The van der Waals surface area contributed by atoms with Crippen molar-refractivity contribution >= 4 is 29.1 Å². The molecule has 1 heterocycles. The lowest BCUT2D eigenvalue weighted by Gasteiger charge is -2.26. The average molecular weight is 337 g/mol. The van der Waals surface area contributed by atoms with Crippen LogP contribution in [0.4, 0.5) is 18.9 Å². The van der Waals surface area contributed by atoms with Crippen LogP contribution in [0.3, 0.4) is 0 Å². The van der Waals surface area contributed by atoms with Gasteiger partial charge in [-0.1, -0.05) is 11.6 Å². The number of hydrogen-bond donors (Lipinski definition) is 1. The molecule has 0 bridgehead atoms. The molecule has 1 saturated heterocycles. The molecule has 1 aliphatic rings. The largest absolute Gasteiger partial charge is 0.416 e. The molecule has 120 valence electrons. The van der Waals surface area contributed by atoms with E-state index in [1.165, 1.54) is 4.90 Å². The first-order chi connectivity index (χ1) is 10.3. The molecule has 0 atom stereocenters. The summed E-state index contributed by atoms with van der Waals surface area (Å²) >= 11 is 5.71. The summed E-state index contributed by atoms with van der Waals surface area (Å²) in [5.74, 6) is -1.73. The molecule has 0 aliphatic carbocycles. The molecule has 1 fully saturated rings. The highest BCUT2D eigenvalue weighted by atomic mass is 35.5. The normalized spacial score (nSPS) is 15.5. The summed E-state index contributed by atoms with van der Waals surface area (Å²) < 4.78 is 42.6. The molecule has 9 heteroatoms. The lowest BCUT2D eigenvalue weighted by Crippen LogP contribution is -2.45. The Labute approximate surface area is 129 Å². The van der Waals surface area contributed by atoms with Crippen molar-refractivity contribution in [2.45, 2.75) is 6.18 Å². The highest BCUT2D eigenvalue weighted by molar-refractivity contribution is 6.41. The summed E-state index contributed by atoms with van der Waals surface area (Å²) in [6.07, 6.45) is -4.53. The summed E-state index contributed by atoms with van der Waals surface area (Å²) in [4.78, 5) is 25.0. The van der Waals surface area contributed by atoms with Crippen LogP contribution < -0.4 is 5.32 Å². The first kappa shape index (κ1) is 16.6. The molecule has 22 heavy (non-hydrogen) atoms. The van der Waals surface area contributed by atoms with Gasteiger partial charge in [0, 0.05) is 13.1 Å². The van der Waals surface area contributed by atoms with Crippen LogP contribution >= 0.6 is 11.6 Å². The number of nitrogens with one attached hydrogen (secondary N) is 1. The fourth-order valence-corrected chi connectivity index (χ4v) is 2.11. The van der Waals surface area contributed by atoms with Crippen LogP contribution in [0.15, 0.2) is 18.2 Å². The molecule has 1 aromatic rings. The van der Waals surface area contributed by atoms with Crippen LogP contribution in [-0.2, 0) is 20.5 Å². The van der Waals surface area contributed by atoms with E-state index in [2.05, 4.69) is 5.32 Å². The van der Waals surface area contributed by atoms with Gasteiger partial charge in [-0.05, 0) is 18.2 Å². The van der Waals surface area contributed by atoms with Crippen molar-refractivity contribution in [2.24, 2.45) is 0 Å². The van der Waals surface area contributed by atoms with Gasteiger partial charge in [0.05, 0.1) is 29.5 Å². The Morgan fingerprint density at radius 3 is 2.41 bits per heavy atom. The predicted octanol–water partition coefficient (Wildman–Crippen LogP) is 2.16. The van der Waals surface area contributed by atoms with Gasteiger partial charge in [0.25, 0.3) is 0 Å². The molecule has 0 radical (unpaired) electrons. The maximum atomic E-state index is 12.5. The van der Waals surface area contributed by atoms with E-state index in [1.54, 1.807) is 0 Å². The number of benzene rings is 1. The molecule has 1 aliphatic heterocycles. The summed E-state index contributed by atoms with van der Waals surface area (Å²) in [6.45, 7) is 1.24. The van der Waals surface area contributed by atoms with Crippen molar-refractivity contribution in [3.63, 3.8) is 0 Å². The number of alkyl halides is 3. The van der Waals surface area contributed by atoms with Crippen LogP contribution in [0.1, 0.15) is 5.56 Å². The number of carbonyl (C=O) groups is 2. The van der Waals surface area contributed by atoms with Crippen LogP contribution in [0, 0.1) is 0 Å². The van der Waals surface area contributed by atoms with Gasteiger partial charge in [-0.2, -0.15) is 13.2 Å². The molecule has 5 nitrogen and oxygen atoms in total. The van der Waals surface area contributed by atoms with E-state index in [1.807, 2.05) is 0 Å². The number of carbonyl (C=O) groups excluding carboxylic acids is 2. The summed E-state index contributed by atoms with van der Waals surface area (Å²) in [5.41, 5.74) is -0.990. The van der Waals surface area contributed by atoms with Gasteiger partial charge in [0.1, 0.15) is 0 Å². The van der Waals surface area contributed by atoms with Gasteiger partial charge in [0.15, 0.2) is 0 Å². The lowest BCUT2D eigenvalue weighted by molar-refractivity contribution is -0.145. The molecule has 2 rings (SSSR count). The second-order valence-electron chi connectivity index (χ2n) is 4.55. The number of morpholine rings is 1. The van der Waals surface area contributed by atoms with E-state index in [4.69, 9.17) is 16.3 Å². The molecule has 2 amide bonds. The zero-order valence-corrected chi connectivity index (χ0v) is 12.0. The maximum absolute atomic E-state index is 12.5. The minimum atomic E-state index is -4.53. The summed E-state index contributed by atoms with van der Waals surface area (Å²) in [5, 5.41) is 1.92. The van der Waals surface area contributed by atoms with Crippen molar-refractivity contribution in [2.75, 3.05) is 31.6 Å². The van der Waals surface area contributed by atoms with Crippen LogP contribution in [-0.4, -0.2) is 43.0 Å². The van der Waals surface area contributed by atoms with Crippen molar-refractivity contribution in [1.82, 2.24) is 4.90 Å². The van der Waals surface area contributed by atoms with Crippen molar-refractivity contribution in [3.8, 4) is 0 Å². The van der Waals surface area contributed by atoms with Crippen LogP contribution in [0.25, 0.3) is 0 Å². The quantitative estimate of drug-likeness (QED) is 0.800.